The van der Waals surface area contributed by atoms with Crippen molar-refractivity contribution in [2.45, 2.75) is 25.3 Å². The van der Waals surface area contributed by atoms with Gasteiger partial charge >= 0.3 is 0 Å². The van der Waals surface area contributed by atoms with Gasteiger partial charge in [-0.15, -0.1) is 17.9 Å². The Morgan fingerprint density at radius 2 is 2.54 bits per heavy atom. The van der Waals surface area contributed by atoms with Crippen LogP contribution in [0.3, 0.4) is 0 Å². The molecular formula is C11H17NS. The summed E-state index contributed by atoms with van der Waals surface area (Å²) in [7, 11) is 2.03. The van der Waals surface area contributed by atoms with Gasteiger partial charge in [-0.25, -0.2) is 0 Å². The molecule has 1 atom stereocenters. The van der Waals surface area contributed by atoms with Crippen LogP contribution in [0.15, 0.2) is 30.2 Å². The normalized spacial score (nSPS) is 12.7. The maximum atomic E-state index is 3.74. The van der Waals surface area contributed by atoms with E-state index in [0.717, 1.165) is 12.8 Å². The van der Waals surface area contributed by atoms with Crippen LogP contribution in [0.4, 0.5) is 0 Å². The van der Waals surface area contributed by atoms with Crippen LogP contribution >= 0.6 is 11.3 Å². The standard InChI is InChI=1S/C11H17NS/c1-3-4-6-10(12-2)9-11-7-5-8-13-11/h3,5,7-8,10,12H,1,4,6,9H2,2H3. The van der Waals surface area contributed by atoms with E-state index in [-0.39, 0.29) is 0 Å². The molecule has 2 heteroatoms. The van der Waals surface area contributed by atoms with E-state index in [0.29, 0.717) is 6.04 Å². The predicted octanol–water partition coefficient (Wildman–Crippen LogP) is 2.84. The van der Waals surface area contributed by atoms with Crippen molar-refractivity contribution in [2.24, 2.45) is 0 Å². The summed E-state index contributed by atoms with van der Waals surface area (Å²) in [5, 5.41) is 5.47. The Labute approximate surface area is 84.5 Å². The van der Waals surface area contributed by atoms with E-state index in [4.69, 9.17) is 0 Å². The first-order chi connectivity index (χ1) is 6.36. The van der Waals surface area contributed by atoms with Gasteiger partial charge in [0, 0.05) is 10.9 Å². The molecule has 0 amide bonds. The van der Waals surface area contributed by atoms with Crippen molar-refractivity contribution in [3.63, 3.8) is 0 Å². The monoisotopic (exact) mass is 195 g/mol. The molecule has 0 aliphatic heterocycles. The number of allylic oxidation sites excluding steroid dienone is 1. The Morgan fingerprint density at radius 3 is 3.08 bits per heavy atom. The van der Waals surface area contributed by atoms with Crippen LogP contribution in [0.5, 0.6) is 0 Å². The minimum atomic E-state index is 0.594. The highest BCUT2D eigenvalue weighted by molar-refractivity contribution is 7.09. The van der Waals surface area contributed by atoms with Crippen molar-refractivity contribution in [2.75, 3.05) is 7.05 Å². The lowest BCUT2D eigenvalue weighted by Crippen LogP contribution is -2.26. The molecule has 1 nitrogen and oxygen atoms in total. The van der Waals surface area contributed by atoms with Gasteiger partial charge in [0.05, 0.1) is 0 Å². The fourth-order valence-electron chi connectivity index (χ4n) is 1.34. The molecule has 13 heavy (non-hydrogen) atoms. The molecule has 0 aromatic carbocycles. The molecule has 1 unspecified atom stereocenters. The van der Waals surface area contributed by atoms with E-state index in [1.165, 1.54) is 11.3 Å². The van der Waals surface area contributed by atoms with Gasteiger partial charge < -0.3 is 5.32 Å². The average Bonchev–Trinajstić information content (AvgIpc) is 2.64. The second-order valence-electron chi connectivity index (χ2n) is 3.14. The maximum absolute atomic E-state index is 3.74. The zero-order valence-corrected chi connectivity index (χ0v) is 8.94. The number of hydrogen-bond donors (Lipinski definition) is 1. The van der Waals surface area contributed by atoms with Crippen molar-refractivity contribution in [3.8, 4) is 0 Å². The van der Waals surface area contributed by atoms with Crippen LogP contribution in [0.1, 0.15) is 17.7 Å². The molecule has 0 fully saturated rings. The first-order valence-electron chi connectivity index (χ1n) is 4.67. The molecule has 0 radical (unpaired) electrons. The first-order valence-corrected chi connectivity index (χ1v) is 5.55. The Kier molecular flexibility index (Phi) is 4.79. The van der Waals surface area contributed by atoms with Crippen molar-refractivity contribution in [3.05, 3.63) is 35.0 Å². The van der Waals surface area contributed by atoms with E-state index in [1.807, 2.05) is 24.5 Å². The molecule has 0 aliphatic carbocycles. The summed E-state index contributed by atoms with van der Waals surface area (Å²) in [5.74, 6) is 0. The lowest BCUT2D eigenvalue weighted by molar-refractivity contribution is 0.528. The van der Waals surface area contributed by atoms with Crippen molar-refractivity contribution >= 4 is 11.3 Å². The highest BCUT2D eigenvalue weighted by Crippen LogP contribution is 2.13. The topological polar surface area (TPSA) is 12.0 Å². The molecule has 72 valence electrons. The summed E-state index contributed by atoms with van der Waals surface area (Å²) in [6, 6.07) is 4.90. The fraction of sp³-hybridized carbons (Fsp3) is 0.455. The maximum Gasteiger partial charge on any atom is 0.0115 e. The first kappa shape index (κ1) is 10.5. The third-order valence-corrected chi connectivity index (χ3v) is 3.05. The third-order valence-electron chi connectivity index (χ3n) is 2.16. The zero-order chi connectivity index (χ0) is 9.52. The number of nitrogens with one attached hydrogen (secondary N) is 1. The van der Waals surface area contributed by atoms with Gasteiger partial charge in [-0.1, -0.05) is 12.1 Å². The molecule has 1 aromatic rings. The third kappa shape index (κ3) is 3.75. The molecule has 1 rings (SSSR count). The summed E-state index contributed by atoms with van der Waals surface area (Å²) in [5.41, 5.74) is 0. The van der Waals surface area contributed by atoms with E-state index in [1.54, 1.807) is 0 Å². The molecule has 0 bridgehead atoms. The Hall–Kier alpha value is -0.600. The van der Waals surface area contributed by atoms with Gasteiger partial charge in [-0.05, 0) is 37.8 Å². The van der Waals surface area contributed by atoms with Gasteiger partial charge in [-0.3, -0.25) is 0 Å². The van der Waals surface area contributed by atoms with Gasteiger partial charge in [0.25, 0.3) is 0 Å². The lowest BCUT2D eigenvalue weighted by Gasteiger charge is -2.13. The largest absolute Gasteiger partial charge is 0.317 e. The molecule has 0 saturated heterocycles. The van der Waals surface area contributed by atoms with Crippen LogP contribution in [-0.2, 0) is 6.42 Å². The Balaban J connectivity index is 2.35. The van der Waals surface area contributed by atoms with E-state index in [9.17, 15) is 0 Å². The summed E-state index contributed by atoms with van der Waals surface area (Å²) in [6.07, 6.45) is 5.40. The van der Waals surface area contributed by atoms with Gasteiger partial charge in [0.1, 0.15) is 0 Å². The molecule has 1 N–H and O–H groups in total. The van der Waals surface area contributed by atoms with Crippen LogP contribution in [0, 0.1) is 0 Å². The molecule has 0 saturated carbocycles. The van der Waals surface area contributed by atoms with Crippen LogP contribution in [-0.4, -0.2) is 13.1 Å². The summed E-state index contributed by atoms with van der Waals surface area (Å²) < 4.78 is 0. The summed E-state index contributed by atoms with van der Waals surface area (Å²) >= 11 is 1.83. The van der Waals surface area contributed by atoms with Gasteiger partial charge in [-0.2, -0.15) is 0 Å². The van der Waals surface area contributed by atoms with E-state index in [2.05, 4.69) is 29.4 Å². The van der Waals surface area contributed by atoms with Crippen molar-refractivity contribution in [1.82, 2.24) is 5.32 Å². The van der Waals surface area contributed by atoms with Crippen LogP contribution in [0.25, 0.3) is 0 Å². The average molecular weight is 195 g/mol. The lowest BCUT2D eigenvalue weighted by atomic mass is 10.1. The zero-order valence-electron chi connectivity index (χ0n) is 8.12. The fourth-order valence-corrected chi connectivity index (χ4v) is 2.13. The summed E-state index contributed by atoms with van der Waals surface area (Å²) in [6.45, 7) is 3.74. The van der Waals surface area contributed by atoms with Crippen LogP contribution in [0.2, 0.25) is 0 Å². The second-order valence-corrected chi connectivity index (χ2v) is 4.17. The highest BCUT2D eigenvalue weighted by atomic mass is 32.1. The van der Waals surface area contributed by atoms with Crippen LogP contribution < -0.4 is 5.32 Å². The SMILES string of the molecule is C=CCCC(Cc1cccs1)NC. The molecule has 0 aliphatic rings. The van der Waals surface area contributed by atoms with Crippen molar-refractivity contribution in [1.29, 1.82) is 0 Å². The molecule has 1 aromatic heterocycles. The second kappa shape index (κ2) is 5.95. The molecule has 1 heterocycles. The Bertz CT molecular complexity index is 228. The summed E-state index contributed by atoms with van der Waals surface area (Å²) in [4.78, 5) is 1.46. The number of hydrogen-bond acceptors (Lipinski definition) is 2. The minimum Gasteiger partial charge on any atom is -0.317 e. The van der Waals surface area contributed by atoms with Gasteiger partial charge in [0.2, 0.25) is 0 Å². The predicted molar refractivity (Wildman–Crippen MR) is 60.3 cm³/mol. The number of thiophene rings is 1. The Morgan fingerprint density at radius 1 is 1.69 bits per heavy atom. The smallest absolute Gasteiger partial charge is 0.0115 e. The van der Waals surface area contributed by atoms with E-state index < -0.39 is 0 Å². The van der Waals surface area contributed by atoms with Gasteiger partial charge in [0.15, 0.2) is 0 Å². The van der Waals surface area contributed by atoms with E-state index >= 15 is 0 Å². The number of likely N-dealkylation sites (N-methyl/N-ethyl adjacent to an activating group) is 1. The number of rotatable bonds is 6. The molecular weight excluding hydrogens is 178 g/mol. The van der Waals surface area contributed by atoms with Crippen molar-refractivity contribution < 1.29 is 0 Å². The highest BCUT2D eigenvalue weighted by Gasteiger charge is 2.06. The molecule has 0 spiro atoms. The quantitative estimate of drug-likeness (QED) is 0.688. The minimum absolute atomic E-state index is 0.594.